The Labute approximate surface area is 165 Å². The number of ether oxygens (including phenoxy) is 1. The summed E-state index contributed by atoms with van der Waals surface area (Å²) in [5, 5.41) is 5.68. The number of carbonyl (C=O) groups excluding carboxylic acids is 2. The Balaban J connectivity index is 2.03. The number of carbonyl (C=O) groups is 2. The first-order valence-corrected chi connectivity index (χ1v) is 9.41. The molecular weight excluding hydrogens is 359 g/mol. The Hall–Kier alpha value is -2.89. The Morgan fingerprint density at radius 2 is 1.57 bits per heavy atom. The van der Waals surface area contributed by atoms with Crippen LogP contribution in [0, 0.1) is 11.7 Å². The molecule has 0 saturated carbocycles. The van der Waals surface area contributed by atoms with Crippen LogP contribution in [0.15, 0.2) is 48.5 Å². The Morgan fingerprint density at radius 3 is 2.11 bits per heavy atom. The molecule has 0 radical (unpaired) electrons. The molecule has 0 aliphatic carbocycles. The van der Waals surface area contributed by atoms with E-state index in [9.17, 15) is 14.0 Å². The van der Waals surface area contributed by atoms with Gasteiger partial charge in [0.1, 0.15) is 17.6 Å². The molecule has 2 amide bonds. The van der Waals surface area contributed by atoms with Crippen LogP contribution in [0.4, 0.5) is 4.39 Å². The van der Waals surface area contributed by atoms with E-state index in [0.717, 1.165) is 5.56 Å². The lowest BCUT2D eigenvalue weighted by atomic mass is 10.0. The van der Waals surface area contributed by atoms with Gasteiger partial charge in [0, 0.05) is 5.56 Å². The Morgan fingerprint density at radius 1 is 0.964 bits per heavy atom. The number of hydrogen-bond acceptors (Lipinski definition) is 3. The molecule has 28 heavy (non-hydrogen) atoms. The number of hydrogen-bond donors (Lipinski definition) is 2. The average Bonchev–Trinajstić information content (AvgIpc) is 2.66. The van der Waals surface area contributed by atoms with E-state index in [1.54, 1.807) is 36.4 Å². The Kier molecular flexibility index (Phi) is 7.55. The van der Waals surface area contributed by atoms with Crippen LogP contribution in [0.3, 0.4) is 0 Å². The first kappa shape index (κ1) is 21.4. The predicted octanol–water partition coefficient (Wildman–Crippen LogP) is 3.86. The second-order valence-corrected chi connectivity index (χ2v) is 6.93. The summed E-state index contributed by atoms with van der Waals surface area (Å²) in [7, 11) is 0. The molecule has 6 heteroatoms. The zero-order valence-corrected chi connectivity index (χ0v) is 16.7. The molecule has 0 unspecified atom stereocenters. The van der Waals surface area contributed by atoms with Crippen LogP contribution < -0.4 is 15.4 Å². The summed E-state index contributed by atoms with van der Waals surface area (Å²) in [5.41, 5.74) is 1.24. The van der Waals surface area contributed by atoms with Gasteiger partial charge >= 0.3 is 0 Å². The minimum Gasteiger partial charge on any atom is -0.494 e. The summed E-state index contributed by atoms with van der Waals surface area (Å²) in [6.45, 7) is 7.99. The van der Waals surface area contributed by atoms with Crippen LogP contribution >= 0.6 is 0 Å². The summed E-state index contributed by atoms with van der Waals surface area (Å²) >= 11 is 0. The van der Waals surface area contributed by atoms with Crippen molar-refractivity contribution in [2.24, 2.45) is 5.92 Å². The maximum atomic E-state index is 13.1. The van der Waals surface area contributed by atoms with Gasteiger partial charge in [-0.05, 0) is 61.7 Å². The van der Waals surface area contributed by atoms with E-state index < -0.39 is 6.04 Å². The SMILES string of the molecule is CCOc1ccc(C(=O)N[C@H](C(=O)N[C@@H](C)c2ccc(F)cc2)C(C)C)cc1. The first-order chi connectivity index (χ1) is 13.3. The minimum atomic E-state index is -0.693. The van der Waals surface area contributed by atoms with E-state index in [1.807, 2.05) is 27.7 Å². The summed E-state index contributed by atoms with van der Waals surface area (Å²) in [6.07, 6.45) is 0. The predicted molar refractivity (Wildman–Crippen MR) is 107 cm³/mol. The number of amides is 2. The molecule has 0 spiro atoms. The van der Waals surface area contributed by atoms with Gasteiger partial charge in [-0.2, -0.15) is 0 Å². The van der Waals surface area contributed by atoms with Gasteiger partial charge in [-0.25, -0.2) is 4.39 Å². The van der Waals surface area contributed by atoms with Crippen LogP contribution in [0.1, 0.15) is 49.7 Å². The molecule has 0 aliphatic heterocycles. The molecular formula is C22H27FN2O3. The van der Waals surface area contributed by atoms with Gasteiger partial charge in [0.25, 0.3) is 5.91 Å². The second kappa shape index (κ2) is 9.88. The van der Waals surface area contributed by atoms with Crippen molar-refractivity contribution in [2.45, 2.75) is 39.8 Å². The largest absolute Gasteiger partial charge is 0.494 e. The van der Waals surface area contributed by atoms with E-state index in [2.05, 4.69) is 10.6 Å². The number of nitrogens with one attached hydrogen (secondary N) is 2. The van der Waals surface area contributed by atoms with Crippen molar-refractivity contribution < 1.29 is 18.7 Å². The van der Waals surface area contributed by atoms with Gasteiger partial charge in [-0.3, -0.25) is 9.59 Å². The van der Waals surface area contributed by atoms with Gasteiger partial charge in [-0.15, -0.1) is 0 Å². The Bertz CT molecular complexity index is 788. The van der Waals surface area contributed by atoms with Crippen molar-refractivity contribution >= 4 is 11.8 Å². The van der Waals surface area contributed by atoms with Gasteiger partial charge in [0.2, 0.25) is 5.91 Å². The summed E-state index contributed by atoms with van der Waals surface area (Å²) in [6, 6.07) is 11.7. The molecule has 0 heterocycles. The number of halogens is 1. The highest BCUT2D eigenvalue weighted by molar-refractivity contribution is 5.97. The highest BCUT2D eigenvalue weighted by atomic mass is 19.1. The van der Waals surface area contributed by atoms with E-state index >= 15 is 0 Å². The molecule has 0 bridgehead atoms. The lowest BCUT2D eigenvalue weighted by Gasteiger charge is -2.24. The molecule has 2 aromatic rings. The lowest BCUT2D eigenvalue weighted by Crippen LogP contribution is -2.50. The van der Waals surface area contributed by atoms with Crippen molar-refractivity contribution in [3.63, 3.8) is 0 Å². The molecule has 0 fully saturated rings. The van der Waals surface area contributed by atoms with Crippen molar-refractivity contribution in [1.29, 1.82) is 0 Å². The van der Waals surface area contributed by atoms with Crippen molar-refractivity contribution in [1.82, 2.24) is 10.6 Å². The smallest absolute Gasteiger partial charge is 0.251 e. The van der Waals surface area contributed by atoms with E-state index in [4.69, 9.17) is 4.74 Å². The second-order valence-electron chi connectivity index (χ2n) is 6.93. The normalized spacial score (nSPS) is 12.9. The molecule has 5 nitrogen and oxygen atoms in total. The van der Waals surface area contributed by atoms with Crippen LogP contribution in [-0.2, 0) is 4.79 Å². The molecule has 2 aromatic carbocycles. The number of benzene rings is 2. The third kappa shape index (κ3) is 5.81. The quantitative estimate of drug-likeness (QED) is 0.724. The zero-order valence-electron chi connectivity index (χ0n) is 16.7. The maximum absolute atomic E-state index is 13.1. The molecule has 2 atom stereocenters. The lowest BCUT2D eigenvalue weighted by molar-refractivity contribution is -0.124. The monoisotopic (exact) mass is 386 g/mol. The maximum Gasteiger partial charge on any atom is 0.251 e. The van der Waals surface area contributed by atoms with Crippen LogP contribution in [0.2, 0.25) is 0 Å². The van der Waals surface area contributed by atoms with Crippen LogP contribution in [0.25, 0.3) is 0 Å². The summed E-state index contributed by atoms with van der Waals surface area (Å²) in [4.78, 5) is 25.3. The fourth-order valence-electron chi connectivity index (χ4n) is 2.77. The van der Waals surface area contributed by atoms with E-state index in [1.165, 1.54) is 12.1 Å². The van der Waals surface area contributed by atoms with Crippen molar-refractivity contribution in [2.75, 3.05) is 6.61 Å². The standard InChI is InChI=1S/C22H27FN2O3/c1-5-28-19-12-8-17(9-13-19)21(26)25-20(14(2)3)22(27)24-15(4)16-6-10-18(23)11-7-16/h6-15,20H,5H2,1-4H3,(H,24,27)(H,25,26)/t15-,20-/m0/s1. The molecule has 0 aliphatic rings. The summed E-state index contributed by atoms with van der Waals surface area (Å²) in [5.74, 6) is -0.361. The first-order valence-electron chi connectivity index (χ1n) is 9.41. The zero-order chi connectivity index (χ0) is 20.7. The molecule has 0 saturated heterocycles. The fraction of sp³-hybridized carbons (Fsp3) is 0.364. The van der Waals surface area contributed by atoms with Gasteiger partial charge in [0.05, 0.1) is 12.6 Å². The van der Waals surface area contributed by atoms with Gasteiger partial charge < -0.3 is 15.4 Å². The minimum absolute atomic E-state index is 0.105. The number of rotatable bonds is 8. The third-order valence-corrected chi connectivity index (χ3v) is 4.39. The molecule has 0 aromatic heterocycles. The van der Waals surface area contributed by atoms with Crippen LogP contribution in [0.5, 0.6) is 5.75 Å². The topological polar surface area (TPSA) is 67.4 Å². The van der Waals surface area contributed by atoms with Crippen molar-refractivity contribution in [3.05, 3.63) is 65.5 Å². The fourth-order valence-corrected chi connectivity index (χ4v) is 2.77. The van der Waals surface area contributed by atoms with Gasteiger partial charge in [0.15, 0.2) is 0 Å². The average molecular weight is 386 g/mol. The third-order valence-electron chi connectivity index (χ3n) is 4.39. The van der Waals surface area contributed by atoms with Crippen molar-refractivity contribution in [3.8, 4) is 5.75 Å². The highest BCUT2D eigenvalue weighted by Crippen LogP contribution is 2.15. The van der Waals surface area contributed by atoms with E-state index in [0.29, 0.717) is 17.9 Å². The van der Waals surface area contributed by atoms with E-state index in [-0.39, 0.29) is 29.6 Å². The van der Waals surface area contributed by atoms with Crippen LogP contribution in [-0.4, -0.2) is 24.5 Å². The molecule has 2 N–H and O–H groups in total. The highest BCUT2D eigenvalue weighted by Gasteiger charge is 2.26. The molecule has 2 rings (SSSR count). The molecule has 150 valence electrons. The van der Waals surface area contributed by atoms with Gasteiger partial charge in [-0.1, -0.05) is 26.0 Å². The summed E-state index contributed by atoms with van der Waals surface area (Å²) < 4.78 is 18.4.